The molecule has 1 aliphatic rings. The van der Waals surface area contributed by atoms with Gasteiger partial charge in [-0.05, 0) is 58.7 Å². The van der Waals surface area contributed by atoms with E-state index in [9.17, 15) is 23.1 Å². The molecule has 1 aromatic carbocycles. The number of piperidine rings is 1. The van der Waals surface area contributed by atoms with Gasteiger partial charge in [0.1, 0.15) is 15.5 Å². The maximum Gasteiger partial charge on any atom is 0.410 e. The molecular weight excluding hydrogens is 566 g/mol. The summed E-state index contributed by atoms with van der Waals surface area (Å²) in [5.41, 5.74) is 1.63. The lowest BCUT2D eigenvalue weighted by Gasteiger charge is -2.35. The molecule has 1 unspecified atom stereocenters. The Morgan fingerprint density at radius 2 is 1.85 bits per heavy atom. The highest BCUT2D eigenvalue weighted by atomic mass is 32.2. The Kier molecular flexibility index (Phi) is 7.51. The number of hydrogen-bond donors (Lipinski definition) is 2. The molecular formula is C28H31N5O6S2. The summed E-state index contributed by atoms with van der Waals surface area (Å²) in [6.07, 6.45) is 5.34. The molecule has 0 aliphatic carbocycles. The lowest BCUT2D eigenvalue weighted by molar-refractivity contribution is 0.0206. The van der Waals surface area contributed by atoms with Crippen LogP contribution in [0.25, 0.3) is 21.6 Å². The van der Waals surface area contributed by atoms with Crippen molar-refractivity contribution >= 4 is 50.1 Å². The Balaban J connectivity index is 1.56. The number of fused-ring (bicyclic) bond motifs is 1. The number of pyridine rings is 1. The van der Waals surface area contributed by atoms with E-state index in [1.54, 1.807) is 35.2 Å². The predicted molar refractivity (Wildman–Crippen MR) is 156 cm³/mol. The first-order valence-corrected chi connectivity index (χ1v) is 15.4. The average Bonchev–Trinajstić information content (AvgIpc) is 3.57. The first kappa shape index (κ1) is 28.6. The molecule has 5 rings (SSSR count). The van der Waals surface area contributed by atoms with Gasteiger partial charge in [-0.1, -0.05) is 17.7 Å². The smallest absolute Gasteiger partial charge is 0.410 e. The highest BCUT2D eigenvalue weighted by Crippen LogP contribution is 2.38. The van der Waals surface area contributed by atoms with Gasteiger partial charge in [-0.3, -0.25) is 0 Å². The standard InChI is InChI=1S/C28H31N5O6S2/c1-17-7-9-19(10-8-17)41(37,38)33-13-11-20-23(21(14-29-24(20)33)25-30-15-22(40-25)26(34)35)31-18-6-5-12-32(16-18)27(36)39-28(2,3)4/h7-11,13-15,18H,5-6,12,16H2,1-4H3,(H,29,31)(H,34,35). The Morgan fingerprint density at radius 1 is 1.12 bits per heavy atom. The molecule has 1 aliphatic heterocycles. The molecule has 41 heavy (non-hydrogen) atoms. The van der Waals surface area contributed by atoms with Crippen molar-refractivity contribution in [3.8, 4) is 10.6 Å². The number of likely N-dealkylation sites (tertiary alicyclic amines) is 1. The summed E-state index contributed by atoms with van der Waals surface area (Å²) in [7, 11) is -3.94. The monoisotopic (exact) mass is 597 g/mol. The Morgan fingerprint density at radius 3 is 2.51 bits per heavy atom. The van der Waals surface area contributed by atoms with E-state index >= 15 is 0 Å². The number of anilines is 1. The fourth-order valence-corrected chi connectivity index (χ4v) is 6.76. The van der Waals surface area contributed by atoms with Crippen molar-refractivity contribution in [2.24, 2.45) is 0 Å². The second kappa shape index (κ2) is 10.8. The summed E-state index contributed by atoms with van der Waals surface area (Å²) in [6.45, 7) is 8.27. The molecule has 2 N–H and O–H groups in total. The largest absolute Gasteiger partial charge is 0.477 e. The van der Waals surface area contributed by atoms with E-state index in [4.69, 9.17) is 4.74 Å². The van der Waals surface area contributed by atoms with Crippen molar-refractivity contribution in [2.45, 2.75) is 57.1 Å². The molecule has 0 saturated carbocycles. The molecule has 11 nitrogen and oxygen atoms in total. The number of aromatic carboxylic acids is 1. The molecule has 4 heterocycles. The van der Waals surface area contributed by atoms with Crippen molar-refractivity contribution < 1.29 is 27.9 Å². The van der Waals surface area contributed by atoms with Crippen LogP contribution >= 0.6 is 11.3 Å². The number of carbonyl (C=O) groups excluding carboxylic acids is 1. The Labute approximate surface area is 241 Å². The summed E-state index contributed by atoms with van der Waals surface area (Å²) in [5, 5.41) is 13.9. The fraction of sp³-hybridized carbons (Fsp3) is 0.357. The number of rotatable bonds is 6. The number of carboxylic acids is 1. The van der Waals surface area contributed by atoms with Crippen LogP contribution in [0.1, 0.15) is 48.8 Å². The third kappa shape index (κ3) is 5.91. The minimum absolute atomic E-state index is 0.0688. The van der Waals surface area contributed by atoms with Gasteiger partial charge in [0.25, 0.3) is 10.0 Å². The van der Waals surface area contributed by atoms with Crippen molar-refractivity contribution in [3.63, 3.8) is 0 Å². The Bertz CT molecular complexity index is 1720. The number of nitrogens with one attached hydrogen (secondary N) is 1. The van der Waals surface area contributed by atoms with E-state index in [1.807, 2.05) is 27.7 Å². The number of aryl methyl sites for hydroxylation is 1. The molecule has 13 heteroatoms. The van der Waals surface area contributed by atoms with Crippen LogP contribution in [-0.4, -0.2) is 69.2 Å². The minimum Gasteiger partial charge on any atom is -0.477 e. The number of amides is 1. The van der Waals surface area contributed by atoms with Gasteiger partial charge >= 0.3 is 12.1 Å². The number of thiazole rings is 1. The third-order valence-corrected chi connectivity index (χ3v) is 9.33. The van der Waals surface area contributed by atoms with Crippen LogP contribution in [0.3, 0.4) is 0 Å². The predicted octanol–water partition coefficient (Wildman–Crippen LogP) is 5.21. The van der Waals surface area contributed by atoms with Gasteiger partial charge in [-0.25, -0.2) is 31.9 Å². The van der Waals surface area contributed by atoms with Gasteiger partial charge in [-0.15, -0.1) is 11.3 Å². The van der Waals surface area contributed by atoms with Gasteiger partial charge < -0.3 is 20.1 Å². The van der Waals surface area contributed by atoms with E-state index in [2.05, 4.69) is 15.3 Å². The number of aromatic nitrogens is 3. The highest BCUT2D eigenvalue weighted by molar-refractivity contribution is 7.90. The second-order valence-corrected chi connectivity index (χ2v) is 13.8. The number of benzene rings is 1. The topological polar surface area (TPSA) is 144 Å². The normalized spacial score (nSPS) is 16.1. The van der Waals surface area contributed by atoms with Crippen LogP contribution in [0.5, 0.6) is 0 Å². The number of carbonyl (C=O) groups is 2. The van der Waals surface area contributed by atoms with Crippen molar-refractivity contribution in [2.75, 3.05) is 18.4 Å². The average molecular weight is 598 g/mol. The van der Waals surface area contributed by atoms with E-state index < -0.39 is 27.7 Å². The Hall–Kier alpha value is -3.97. The lowest BCUT2D eigenvalue weighted by Crippen LogP contribution is -2.47. The fourth-order valence-electron chi connectivity index (χ4n) is 4.69. The summed E-state index contributed by atoms with van der Waals surface area (Å²) < 4.78 is 33.8. The lowest BCUT2D eigenvalue weighted by atomic mass is 10.0. The molecule has 4 aromatic rings. The molecule has 1 saturated heterocycles. The number of hydrogen-bond acceptors (Lipinski definition) is 9. The minimum atomic E-state index is -3.94. The number of ether oxygens (including phenoxy) is 1. The van der Waals surface area contributed by atoms with Crippen LogP contribution < -0.4 is 5.32 Å². The van der Waals surface area contributed by atoms with E-state index in [0.29, 0.717) is 34.7 Å². The molecule has 3 aromatic heterocycles. The van der Waals surface area contributed by atoms with Crippen LogP contribution in [0.4, 0.5) is 10.5 Å². The first-order chi connectivity index (χ1) is 19.3. The van der Waals surface area contributed by atoms with Crippen LogP contribution in [0, 0.1) is 6.92 Å². The summed E-state index contributed by atoms with van der Waals surface area (Å²) in [5.74, 6) is -1.09. The van der Waals surface area contributed by atoms with Gasteiger partial charge in [0.15, 0.2) is 5.65 Å². The number of nitrogens with zero attached hydrogens (tertiary/aromatic N) is 4. The van der Waals surface area contributed by atoms with Crippen molar-refractivity contribution in [3.05, 3.63) is 59.4 Å². The molecule has 216 valence electrons. The third-order valence-electron chi connectivity index (χ3n) is 6.63. The first-order valence-electron chi connectivity index (χ1n) is 13.1. The maximum atomic E-state index is 13.6. The molecule has 0 radical (unpaired) electrons. The molecule has 1 amide bonds. The van der Waals surface area contributed by atoms with Crippen molar-refractivity contribution in [1.29, 1.82) is 0 Å². The maximum absolute atomic E-state index is 13.6. The van der Waals surface area contributed by atoms with Crippen LogP contribution in [-0.2, 0) is 14.8 Å². The molecule has 0 bridgehead atoms. The number of carboxylic acid groups (broad SMARTS) is 1. The van der Waals surface area contributed by atoms with Gasteiger partial charge in [0.05, 0.1) is 22.3 Å². The van der Waals surface area contributed by atoms with E-state index in [0.717, 1.165) is 33.7 Å². The summed E-state index contributed by atoms with van der Waals surface area (Å²) >= 11 is 1.00. The quantitative estimate of drug-likeness (QED) is 0.306. The second-order valence-electron chi connectivity index (χ2n) is 11.0. The zero-order valence-electron chi connectivity index (χ0n) is 23.1. The molecule has 0 spiro atoms. The van der Waals surface area contributed by atoms with E-state index in [-0.39, 0.29) is 21.5 Å². The van der Waals surface area contributed by atoms with Gasteiger partial charge in [0, 0.05) is 36.9 Å². The van der Waals surface area contributed by atoms with Crippen molar-refractivity contribution in [1.82, 2.24) is 18.8 Å². The highest BCUT2D eigenvalue weighted by Gasteiger charge is 2.30. The van der Waals surface area contributed by atoms with Gasteiger partial charge in [-0.2, -0.15) is 0 Å². The SMILES string of the molecule is Cc1ccc(S(=O)(=O)n2ccc3c(NC4CCCN(C(=O)OC(C)(C)C)C4)c(-c4ncc(C(=O)O)s4)cnc32)cc1. The van der Waals surface area contributed by atoms with Crippen LogP contribution in [0.2, 0.25) is 0 Å². The van der Waals surface area contributed by atoms with Gasteiger partial charge in [0.2, 0.25) is 0 Å². The summed E-state index contributed by atoms with van der Waals surface area (Å²) in [6, 6.07) is 8.07. The molecule has 1 fully saturated rings. The van der Waals surface area contributed by atoms with Crippen LogP contribution in [0.15, 0.2) is 53.8 Å². The molecule has 1 atom stereocenters. The summed E-state index contributed by atoms with van der Waals surface area (Å²) in [4.78, 5) is 35.0. The zero-order chi connectivity index (χ0) is 29.5. The van der Waals surface area contributed by atoms with E-state index in [1.165, 1.54) is 18.6 Å². The zero-order valence-corrected chi connectivity index (χ0v) is 24.8.